The molecule has 25 heavy (non-hydrogen) atoms. The molecule has 1 aromatic carbocycles. The van der Waals surface area contributed by atoms with Gasteiger partial charge in [-0.25, -0.2) is 0 Å². The average molecular weight is 368 g/mol. The van der Waals surface area contributed by atoms with Gasteiger partial charge in [0.15, 0.2) is 0 Å². The summed E-state index contributed by atoms with van der Waals surface area (Å²) in [5.41, 5.74) is 0.978. The van der Waals surface area contributed by atoms with Crippen molar-refractivity contribution in [3.05, 3.63) is 29.8 Å². The third kappa shape index (κ3) is 3.12. The van der Waals surface area contributed by atoms with Gasteiger partial charge in [-0.1, -0.05) is 0 Å². The topological polar surface area (TPSA) is 85.9 Å². The van der Waals surface area contributed by atoms with Crippen LogP contribution in [-0.2, 0) is 18.6 Å². The first-order chi connectivity index (χ1) is 11.6. The van der Waals surface area contributed by atoms with E-state index in [0.717, 1.165) is 5.56 Å². The van der Waals surface area contributed by atoms with Crippen molar-refractivity contribution in [1.29, 1.82) is 0 Å². The number of carbonyl (C=O) groups is 2. The zero-order valence-corrected chi connectivity index (χ0v) is 16.0. The van der Waals surface area contributed by atoms with Crippen LogP contribution in [0.25, 0.3) is 0 Å². The summed E-state index contributed by atoms with van der Waals surface area (Å²) >= 11 is 0. The molecule has 1 aromatic rings. The summed E-state index contributed by atoms with van der Waals surface area (Å²) in [6.45, 7) is 9.49. The normalized spacial score (nSPS) is 28.7. The summed E-state index contributed by atoms with van der Waals surface area (Å²) in [5, 5.41) is 6.19. The van der Waals surface area contributed by atoms with Gasteiger partial charge in [-0.15, -0.1) is 0 Å². The quantitative estimate of drug-likeness (QED) is 0.791. The van der Waals surface area contributed by atoms with E-state index in [1.54, 1.807) is 12.1 Å². The summed E-state index contributed by atoms with van der Waals surface area (Å²) < 4.78 is 17.5. The van der Waals surface area contributed by atoms with Crippen LogP contribution in [0.4, 0.5) is 0 Å². The summed E-state index contributed by atoms with van der Waals surface area (Å²) in [6, 6.07) is 6.06. The molecule has 138 valence electrons. The molecule has 2 N–H and O–H groups in total. The molecule has 0 bridgehead atoms. The molecule has 2 heterocycles. The zero-order chi connectivity index (χ0) is 18.4. The molecule has 2 fully saturated rings. The van der Waals surface area contributed by atoms with Crippen LogP contribution >= 0.6 is 7.59 Å². The van der Waals surface area contributed by atoms with E-state index in [9.17, 15) is 9.59 Å². The number of carbonyl (C=O) groups excluding carboxylic acids is 2. The zero-order valence-electron chi connectivity index (χ0n) is 15.1. The number of nitrogens with one attached hydrogen (secondary N) is 2. The van der Waals surface area contributed by atoms with E-state index >= 15 is 0 Å². The molecule has 0 amide bonds. The minimum absolute atomic E-state index is 0.0475. The van der Waals surface area contributed by atoms with Crippen molar-refractivity contribution < 1.29 is 23.2 Å². The Morgan fingerprint density at radius 2 is 1.52 bits per heavy atom. The van der Waals surface area contributed by atoms with Gasteiger partial charge in [0.1, 0.15) is 0 Å². The van der Waals surface area contributed by atoms with Gasteiger partial charge in [0, 0.05) is 0 Å². The van der Waals surface area contributed by atoms with Gasteiger partial charge in [0.25, 0.3) is 0 Å². The maximum atomic E-state index is 12.5. The van der Waals surface area contributed by atoms with Crippen LogP contribution in [0.2, 0.25) is 0 Å². The molecule has 2 aliphatic heterocycles. The van der Waals surface area contributed by atoms with E-state index in [0.29, 0.717) is 5.75 Å². The fourth-order valence-corrected chi connectivity index (χ4v) is 6.63. The standard InChI is InChI=1S/C17H25N2O5P/c1-10(2)14-16(20)23-25(18-14,19-15(11(3)4)17(21)24-25)22-13-8-6-7-12(5)9-13/h6-11,14-15,18-19H,1-5H3/t14-,15-/m0/s1. The first-order valence-corrected chi connectivity index (χ1v) is 10.5. The molecule has 1 spiro atoms. The maximum absolute atomic E-state index is 12.5. The molecule has 2 atom stereocenters. The fourth-order valence-electron chi connectivity index (χ4n) is 2.98. The predicted molar refractivity (Wildman–Crippen MR) is 94.4 cm³/mol. The van der Waals surface area contributed by atoms with E-state index in [2.05, 4.69) is 10.2 Å². The first-order valence-electron chi connectivity index (χ1n) is 8.47. The third-order valence-electron chi connectivity index (χ3n) is 4.34. The second-order valence-electron chi connectivity index (χ2n) is 7.31. The number of hydrogen-bond donors (Lipinski definition) is 2. The van der Waals surface area contributed by atoms with Gasteiger partial charge in [-0.05, 0) is 0 Å². The van der Waals surface area contributed by atoms with Crippen LogP contribution in [0.1, 0.15) is 33.3 Å². The van der Waals surface area contributed by atoms with Crippen molar-refractivity contribution >= 4 is 19.5 Å². The van der Waals surface area contributed by atoms with Crippen LogP contribution in [0.15, 0.2) is 24.3 Å². The van der Waals surface area contributed by atoms with E-state index < -0.39 is 31.6 Å². The summed E-state index contributed by atoms with van der Waals surface area (Å²) in [5.74, 6) is -0.593. The number of hydrogen-bond acceptors (Lipinski definition) is 7. The van der Waals surface area contributed by atoms with Crippen molar-refractivity contribution in [2.45, 2.75) is 46.7 Å². The molecule has 2 saturated heterocycles. The van der Waals surface area contributed by atoms with Gasteiger partial charge in [-0.2, -0.15) is 0 Å². The van der Waals surface area contributed by atoms with Crippen molar-refractivity contribution in [3.63, 3.8) is 0 Å². The van der Waals surface area contributed by atoms with E-state index in [1.807, 2.05) is 46.8 Å². The van der Waals surface area contributed by atoms with Crippen molar-refractivity contribution in [1.82, 2.24) is 10.2 Å². The molecule has 0 aromatic heterocycles. The Bertz CT molecular complexity index is 685. The Kier molecular flexibility index (Phi) is 4.30. The Balaban J connectivity index is 2.04. The molecule has 0 aliphatic carbocycles. The Hall–Kier alpha value is -1.69. The second-order valence-corrected chi connectivity index (χ2v) is 10.1. The summed E-state index contributed by atoms with van der Waals surface area (Å²) in [6.07, 6.45) is 0. The average Bonchev–Trinajstić information content (AvgIpc) is 2.94. The van der Waals surface area contributed by atoms with Crippen LogP contribution in [0.5, 0.6) is 5.75 Å². The molecule has 0 unspecified atom stereocenters. The Morgan fingerprint density at radius 3 is 1.92 bits per heavy atom. The molecule has 0 saturated carbocycles. The molecule has 2 aliphatic rings. The molecule has 3 rings (SSSR count). The van der Waals surface area contributed by atoms with Gasteiger partial charge in [0.2, 0.25) is 0 Å². The van der Waals surface area contributed by atoms with Crippen molar-refractivity contribution in [2.24, 2.45) is 11.8 Å². The molecule has 8 heteroatoms. The second kappa shape index (κ2) is 5.94. The first kappa shape index (κ1) is 18.1. The Morgan fingerprint density at radius 1 is 1.00 bits per heavy atom. The van der Waals surface area contributed by atoms with E-state index in [1.165, 1.54) is 0 Å². The molecular weight excluding hydrogens is 343 g/mol. The predicted octanol–water partition coefficient (Wildman–Crippen LogP) is 2.84. The third-order valence-corrected chi connectivity index (χ3v) is 7.35. The van der Waals surface area contributed by atoms with Crippen molar-refractivity contribution in [2.75, 3.05) is 0 Å². The summed E-state index contributed by atoms with van der Waals surface area (Å²) in [7, 11) is -4.36. The molecule has 7 nitrogen and oxygen atoms in total. The van der Waals surface area contributed by atoms with Crippen LogP contribution in [0, 0.1) is 18.8 Å². The summed E-state index contributed by atoms with van der Waals surface area (Å²) in [4.78, 5) is 24.9. The van der Waals surface area contributed by atoms with Crippen LogP contribution < -0.4 is 14.7 Å². The molecular formula is C17H25N2O5P. The van der Waals surface area contributed by atoms with Crippen LogP contribution in [0.3, 0.4) is 0 Å². The SMILES string of the molecule is Cc1cccc(OP23(N[C@@H](C(C)C)C(=O)O2)N[C@@H](C(C)C)C(=O)O3)c1. The monoisotopic (exact) mass is 368 g/mol. The Labute approximate surface area is 147 Å². The number of aryl methyl sites for hydroxylation is 1. The molecule has 0 radical (unpaired) electrons. The van der Waals surface area contributed by atoms with Crippen LogP contribution in [-0.4, -0.2) is 24.0 Å². The number of rotatable bonds is 4. The fraction of sp³-hybridized carbons (Fsp3) is 0.529. The van der Waals surface area contributed by atoms with Crippen molar-refractivity contribution in [3.8, 4) is 5.75 Å². The van der Waals surface area contributed by atoms with E-state index in [4.69, 9.17) is 13.6 Å². The van der Waals surface area contributed by atoms with Gasteiger partial charge < -0.3 is 0 Å². The minimum atomic E-state index is -4.36. The number of benzene rings is 1. The van der Waals surface area contributed by atoms with E-state index in [-0.39, 0.29) is 11.8 Å². The van der Waals surface area contributed by atoms with Gasteiger partial charge >= 0.3 is 147 Å². The van der Waals surface area contributed by atoms with Gasteiger partial charge in [0.05, 0.1) is 0 Å². The van der Waals surface area contributed by atoms with Gasteiger partial charge in [-0.3, -0.25) is 0 Å².